The van der Waals surface area contributed by atoms with Crippen LogP contribution in [0.15, 0.2) is 24.3 Å². The van der Waals surface area contributed by atoms with E-state index in [2.05, 4.69) is 0 Å². The summed E-state index contributed by atoms with van der Waals surface area (Å²) < 4.78 is 1.26. The van der Waals surface area contributed by atoms with Gasteiger partial charge >= 0.3 is 62.2 Å². The van der Waals surface area contributed by atoms with Crippen molar-refractivity contribution in [1.29, 1.82) is 0 Å². The first-order valence-electron chi connectivity index (χ1n) is 2.33. The summed E-state index contributed by atoms with van der Waals surface area (Å²) in [6, 6.07) is 7.86. The fraction of sp³-hybridized carbons (Fsp3) is 0. The minimum absolute atomic E-state index is 0.850. The van der Waals surface area contributed by atoms with E-state index in [1.807, 2.05) is 24.3 Å². The molecule has 0 atom stereocenters. The zero-order valence-electron chi connectivity index (χ0n) is 4.33. The van der Waals surface area contributed by atoms with E-state index in [1.165, 1.54) is 3.51 Å². The van der Waals surface area contributed by atoms with Crippen molar-refractivity contribution in [3.8, 4) is 0 Å². The first-order valence-corrected chi connectivity index (χ1v) is 3.61. The Morgan fingerprint density at radius 3 is 2.50 bits per heavy atom. The molecule has 1 aromatic carbocycles. The van der Waals surface area contributed by atoms with Gasteiger partial charge in [0, 0.05) is 0 Å². The molecule has 8 heavy (non-hydrogen) atoms. The second-order valence-electron chi connectivity index (χ2n) is 1.59. The molecule has 0 fully saturated rings. The summed E-state index contributed by atoms with van der Waals surface area (Å²) in [6.45, 7) is 0. The van der Waals surface area contributed by atoms with E-state index in [9.17, 15) is 0 Å². The number of hydrogen-bond donors (Lipinski definition) is 1. The summed E-state index contributed by atoms with van der Waals surface area (Å²) in [5, 5.41) is 0. The Hall–Kier alpha value is -0.162. The van der Waals surface area contributed by atoms with Gasteiger partial charge in [-0.2, -0.15) is 0 Å². The second kappa shape index (κ2) is 2.41. The molecule has 40 valence electrons. The molecule has 0 aliphatic rings. The van der Waals surface area contributed by atoms with Crippen molar-refractivity contribution in [3.05, 3.63) is 24.3 Å². The Balaban J connectivity index is 3.08. The van der Waals surface area contributed by atoms with Gasteiger partial charge in [-0.05, 0) is 0 Å². The topological polar surface area (TPSA) is 26.0 Å². The zero-order chi connectivity index (χ0) is 5.98. The molecule has 1 nitrogen and oxygen atoms in total. The number of benzene rings is 1. The van der Waals surface area contributed by atoms with E-state index in [-0.39, 0.29) is 0 Å². The molecule has 0 spiro atoms. The van der Waals surface area contributed by atoms with E-state index < -0.39 is 0 Å². The van der Waals surface area contributed by atoms with Crippen LogP contribution >= 0.6 is 0 Å². The van der Waals surface area contributed by atoms with Gasteiger partial charge in [0.2, 0.25) is 0 Å². The Labute approximate surface area is 62.4 Å². The third kappa shape index (κ3) is 1.41. The number of hydrogen-bond acceptors (Lipinski definition) is 1. The predicted octanol–water partition coefficient (Wildman–Crippen LogP) is 0.0626. The van der Waals surface area contributed by atoms with Crippen LogP contribution in [0.1, 0.15) is 0 Å². The molecule has 0 aliphatic carbocycles. The van der Waals surface area contributed by atoms with E-state index in [4.69, 9.17) is 5.73 Å². The normalized spacial score (nSPS) is 9.12. The average molecular weight is 214 g/mol. The minimum atomic E-state index is 0.850. The Kier molecular flexibility index (Phi) is 1.80. The maximum absolute atomic E-state index is 5.47. The Morgan fingerprint density at radius 1 is 1.38 bits per heavy atom. The van der Waals surface area contributed by atoms with Crippen LogP contribution in [0.5, 0.6) is 0 Å². The van der Waals surface area contributed by atoms with Crippen LogP contribution in [0.4, 0.5) is 5.69 Å². The van der Waals surface area contributed by atoms with E-state index in [0.717, 1.165) is 5.69 Å². The summed E-state index contributed by atoms with van der Waals surface area (Å²) in [4.78, 5) is 0. The van der Waals surface area contributed by atoms with Gasteiger partial charge in [-0.25, -0.2) is 0 Å². The quantitative estimate of drug-likeness (QED) is 0.479. The first kappa shape index (κ1) is 5.97. The van der Waals surface area contributed by atoms with Crippen LogP contribution in [-0.4, -0.2) is 23.0 Å². The number of nitrogens with two attached hydrogens (primary N) is 1. The summed E-state index contributed by atoms with van der Waals surface area (Å²) in [7, 11) is 0. The van der Waals surface area contributed by atoms with Crippen LogP contribution in [0.3, 0.4) is 0 Å². The van der Waals surface area contributed by atoms with Crippen LogP contribution in [0.2, 0.25) is 0 Å². The van der Waals surface area contributed by atoms with Crippen LogP contribution in [0, 0.1) is 0 Å². The van der Waals surface area contributed by atoms with Crippen molar-refractivity contribution in [3.63, 3.8) is 0 Å². The molecular weight excluding hydrogens is 208 g/mol. The van der Waals surface area contributed by atoms with Crippen molar-refractivity contribution in [2.24, 2.45) is 0 Å². The molecule has 0 aromatic heterocycles. The SMILES string of the molecule is Nc1ccc[c]([Sb])c1. The fourth-order valence-electron chi connectivity index (χ4n) is 0.525. The first-order chi connectivity index (χ1) is 3.79. The van der Waals surface area contributed by atoms with Crippen LogP contribution in [-0.2, 0) is 0 Å². The average Bonchev–Trinajstić information content (AvgIpc) is 1.64. The van der Waals surface area contributed by atoms with Gasteiger partial charge in [0.15, 0.2) is 0 Å². The van der Waals surface area contributed by atoms with Crippen LogP contribution in [0.25, 0.3) is 0 Å². The maximum atomic E-state index is 5.47. The van der Waals surface area contributed by atoms with Crippen molar-refractivity contribution in [2.75, 3.05) is 5.73 Å². The van der Waals surface area contributed by atoms with Gasteiger partial charge in [-0.3, -0.25) is 0 Å². The molecule has 0 bridgehead atoms. The molecule has 0 aliphatic heterocycles. The molecule has 2 N–H and O–H groups in total. The molecule has 1 rings (SSSR count). The van der Waals surface area contributed by atoms with Gasteiger partial charge in [0.05, 0.1) is 0 Å². The fourth-order valence-corrected chi connectivity index (χ4v) is 1.20. The molecule has 0 unspecified atom stereocenters. The molecule has 0 amide bonds. The number of nitrogen functional groups attached to an aromatic ring is 1. The molecule has 0 heterocycles. The second-order valence-corrected chi connectivity index (χ2v) is 3.07. The molecule has 1 aromatic rings. The Bertz CT molecular complexity index is 168. The van der Waals surface area contributed by atoms with E-state index in [0.29, 0.717) is 0 Å². The Morgan fingerprint density at radius 2 is 2.12 bits per heavy atom. The summed E-state index contributed by atoms with van der Waals surface area (Å²) in [5.74, 6) is 0. The van der Waals surface area contributed by atoms with Gasteiger partial charge < -0.3 is 0 Å². The van der Waals surface area contributed by atoms with Crippen molar-refractivity contribution in [1.82, 2.24) is 0 Å². The van der Waals surface area contributed by atoms with Gasteiger partial charge in [0.1, 0.15) is 0 Å². The third-order valence-corrected chi connectivity index (χ3v) is 1.66. The monoisotopic (exact) mass is 213 g/mol. The summed E-state index contributed by atoms with van der Waals surface area (Å²) >= 11 is 1.69. The summed E-state index contributed by atoms with van der Waals surface area (Å²) in [6.07, 6.45) is 0. The van der Waals surface area contributed by atoms with Gasteiger partial charge in [0.25, 0.3) is 0 Å². The van der Waals surface area contributed by atoms with E-state index in [1.54, 1.807) is 23.0 Å². The van der Waals surface area contributed by atoms with Crippen molar-refractivity contribution < 1.29 is 0 Å². The number of rotatable bonds is 0. The standard InChI is InChI=1S/C6H6N.Sb/c7-6-4-2-1-3-5-6;/h1-2,4-5H,7H2;. The van der Waals surface area contributed by atoms with Gasteiger partial charge in [-0.1, -0.05) is 0 Å². The molecular formula is C6H6NSb. The molecule has 0 saturated heterocycles. The molecule has 2 radical (unpaired) electrons. The van der Waals surface area contributed by atoms with Crippen molar-refractivity contribution >= 4 is 32.2 Å². The predicted molar refractivity (Wildman–Crippen MR) is 36.2 cm³/mol. The summed E-state index contributed by atoms with van der Waals surface area (Å²) in [5.41, 5.74) is 6.32. The van der Waals surface area contributed by atoms with E-state index >= 15 is 0 Å². The number of anilines is 1. The van der Waals surface area contributed by atoms with Crippen LogP contribution < -0.4 is 9.24 Å². The van der Waals surface area contributed by atoms with Gasteiger partial charge in [-0.15, -0.1) is 0 Å². The molecule has 0 saturated carbocycles. The zero-order valence-corrected chi connectivity index (χ0v) is 6.89. The third-order valence-electron chi connectivity index (χ3n) is 0.870. The van der Waals surface area contributed by atoms with Crippen molar-refractivity contribution in [2.45, 2.75) is 0 Å². The molecule has 2 heteroatoms.